The van der Waals surface area contributed by atoms with Gasteiger partial charge in [-0.25, -0.2) is 14.9 Å². The van der Waals surface area contributed by atoms with Crippen LogP contribution in [0, 0.1) is 0 Å². The summed E-state index contributed by atoms with van der Waals surface area (Å²) in [7, 11) is 0. The molecule has 4 rings (SSSR count). The molecule has 0 amide bonds. The maximum Gasteiger partial charge on any atom is 0.167 e. The molecule has 0 atom stereocenters. The number of hydrogen-bond donors (Lipinski definition) is 1. The number of phenolic OH excluding ortho intramolecular Hbond substituents is 1. The molecule has 0 radical (unpaired) electrons. The third kappa shape index (κ3) is 4.60. The lowest BCUT2D eigenvalue weighted by Crippen LogP contribution is -2.26. The van der Waals surface area contributed by atoms with E-state index in [0.29, 0.717) is 34.5 Å². The molecule has 29 heavy (non-hydrogen) atoms. The zero-order chi connectivity index (χ0) is 20.4. The second-order valence-corrected chi connectivity index (χ2v) is 7.52. The van der Waals surface area contributed by atoms with Crippen molar-refractivity contribution >= 4 is 40.6 Å². The Balaban J connectivity index is 1.47. The van der Waals surface area contributed by atoms with Gasteiger partial charge < -0.3 is 9.84 Å². The van der Waals surface area contributed by atoms with Gasteiger partial charge in [-0.15, -0.1) is 0 Å². The summed E-state index contributed by atoms with van der Waals surface area (Å²) in [5.74, 6) is 1.81. The molecule has 1 aliphatic heterocycles. The zero-order valence-corrected chi connectivity index (χ0v) is 17.2. The van der Waals surface area contributed by atoms with Gasteiger partial charge in [-0.05, 0) is 48.0 Å². The highest BCUT2D eigenvalue weighted by molar-refractivity contribution is 6.37. The van der Waals surface area contributed by atoms with Crippen LogP contribution < -0.4 is 4.74 Å². The highest BCUT2D eigenvalue weighted by Crippen LogP contribution is 2.34. The average molecular weight is 450 g/mol. The fourth-order valence-corrected chi connectivity index (χ4v) is 3.51. The van der Waals surface area contributed by atoms with E-state index >= 15 is 0 Å². The van der Waals surface area contributed by atoms with Gasteiger partial charge in [0.2, 0.25) is 0 Å². The number of aliphatic imine (C=N–C) groups is 1. The second kappa shape index (κ2) is 8.51. The van der Waals surface area contributed by atoms with E-state index in [9.17, 15) is 5.11 Å². The first kappa shape index (κ1) is 19.9. The Hall–Kier alpha value is -2.44. The van der Waals surface area contributed by atoms with Crippen molar-refractivity contribution in [3.63, 3.8) is 0 Å². The summed E-state index contributed by atoms with van der Waals surface area (Å²) in [5, 5.41) is 12.3. The molecule has 1 aliphatic rings. The van der Waals surface area contributed by atoms with Crippen LogP contribution in [0.4, 0.5) is 0 Å². The molecule has 148 valence electrons. The molecule has 8 heteroatoms. The molecule has 0 aromatic heterocycles. The van der Waals surface area contributed by atoms with Gasteiger partial charge in [0.1, 0.15) is 11.5 Å². The molecule has 1 heterocycles. The lowest BCUT2D eigenvalue weighted by Gasteiger charge is -2.19. The number of phenols is 1. The molecular formula is C21H15Cl3N2O3. The molecule has 0 aliphatic carbocycles. The molecule has 3 aromatic carbocycles. The van der Waals surface area contributed by atoms with E-state index in [1.54, 1.807) is 29.3 Å². The van der Waals surface area contributed by atoms with E-state index < -0.39 is 0 Å². The van der Waals surface area contributed by atoms with Crippen LogP contribution in [0.1, 0.15) is 11.1 Å². The molecule has 0 spiro atoms. The van der Waals surface area contributed by atoms with Gasteiger partial charge in [0, 0.05) is 10.6 Å². The summed E-state index contributed by atoms with van der Waals surface area (Å²) in [6, 6.07) is 18.1. The SMILES string of the molecule is Oc1c(Cl)cc(C2=NCON2Cc2ccc(Oc3cccc(Cl)c3)cc2)cc1Cl. The van der Waals surface area contributed by atoms with Crippen LogP contribution >= 0.6 is 34.8 Å². The number of benzene rings is 3. The third-order valence-corrected chi connectivity index (χ3v) is 5.03. The van der Waals surface area contributed by atoms with Crippen molar-refractivity contribution in [3.8, 4) is 17.2 Å². The first-order chi connectivity index (χ1) is 14.0. The largest absolute Gasteiger partial charge is 0.505 e. The molecule has 0 saturated carbocycles. The van der Waals surface area contributed by atoms with Crippen LogP contribution in [0.25, 0.3) is 0 Å². The quantitative estimate of drug-likeness (QED) is 0.497. The predicted molar refractivity (Wildman–Crippen MR) is 114 cm³/mol. The van der Waals surface area contributed by atoms with E-state index in [1.165, 1.54) is 0 Å². The van der Waals surface area contributed by atoms with Crippen molar-refractivity contribution in [2.45, 2.75) is 6.54 Å². The number of aromatic hydroxyl groups is 1. The smallest absolute Gasteiger partial charge is 0.167 e. The first-order valence-corrected chi connectivity index (χ1v) is 9.78. The van der Waals surface area contributed by atoms with Crippen LogP contribution in [0.2, 0.25) is 15.1 Å². The van der Waals surface area contributed by atoms with Crippen molar-refractivity contribution in [3.05, 3.63) is 86.9 Å². The summed E-state index contributed by atoms with van der Waals surface area (Å²) < 4.78 is 5.81. The minimum Gasteiger partial charge on any atom is -0.505 e. The van der Waals surface area contributed by atoms with Crippen LogP contribution in [-0.4, -0.2) is 22.7 Å². The van der Waals surface area contributed by atoms with Crippen molar-refractivity contribution in [2.75, 3.05) is 6.73 Å². The van der Waals surface area contributed by atoms with Gasteiger partial charge >= 0.3 is 0 Å². The Morgan fingerprint density at radius 1 is 0.966 bits per heavy atom. The Kier molecular flexibility index (Phi) is 5.83. The molecule has 1 N–H and O–H groups in total. The van der Waals surface area contributed by atoms with Gasteiger partial charge in [0.25, 0.3) is 0 Å². The van der Waals surface area contributed by atoms with Gasteiger partial charge in [-0.1, -0.05) is 53.0 Å². The van der Waals surface area contributed by atoms with Crippen molar-refractivity contribution in [2.24, 2.45) is 4.99 Å². The number of amidine groups is 1. The monoisotopic (exact) mass is 448 g/mol. The summed E-state index contributed by atoms with van der Waals surface area (Å²) in [5.41, 5.74) is 1.66. The average Bonchev–Trinajstić information content (AvgIpc) is 3.15. The number of hydrogen-bond acceptors (Lipinski definition) is 5. The fraction of sp³-hybridized carbons (Fsp3) is 0.0952. The summed E-state index contributed by atoms with van der Waals surface area (Å²) in [6.45, 7) is 0.661. The maximum absolute atomic E-state index is 9.75. The fourth-order valence-electron chi connectivity index (χ4n) is 2.85. The standard InChI is InChI=1S/C21H15Cl3N2O3/c22-15-2-1-3-17(10-15)29-16-6-4-13(5-7-16)11-26-21(25-12-28-26)14-8-18(23)20(27)19(24)9-14/h1-10,27H,11-12H2. The summed E-state index contributed by atoms with van der Waals surface area (Å²) in [4.78, 5) is 9.97. The number of nitrogens with zero attached hydrogens (tertiary/aromatic N) is 2. The minimum atomic E-state index is -0.154. The lowest BCUT2D eigenvalue weighted by atomic mass is 10.1. The van der Waals surface area contributed by atoms with Crippen LogP contribution in [-0.2, 0) is 11.4 Å². The molecule has 0 unspecified atom stereocenters. The minimum absolute atomic E-state index is 0.154. The second-order valence-electron chi connectivity index (χ2n) is 6.27. The van der Waals surface area contributed by atoms with Gasteiger partial charge in [-0.2, -0.15) is 0 Å². The normalized spacial score (nSPS) is 13.5. The van der Waals surface area contributed by atoms with Crippen molar-refractivity contribution in [1.82, 2.24) is 5.06 Å². The van der Waals surface area contributed by atoms with Crippen LogP contribution in [0.15, 0.2) is 65.7 Å². The van der Waals surface area contributed by atoms with Crippen molar-refractivity contribution in [1.29, 1.82) is 0 Å². The van der Waals surface area contributed by atoms with Gasteiger partial charge in [-0.3, -0.25) is 0 Å². The summed E-state index contributed by atoms with van der Waals surface area (Å²) >= 11 is 18.0. The van der Waals surface area contributed by atoms with E-state index in [0.717, 1.165) is 5.56 Å². The first-order valence-electron chi connectivity index (χ1n) is 8.65. The molecule has 0 bridgehead atoms. The molecule has 5 nitrogen and oxygen atoms in total. The van der Waals surface area contributed by atoms with Gasteiger partial charge in [0.05, 0.1) is 16.6 Å². The molecular weight excluding hydrogens is 435 g/mol. The van der Waals surface area contributed by atoms with Crippen LogP contribution in [0.3, 0.4) is 0 Å². The number of ether oxygens (including phenoxy) is 1. The molecule has 0 saturated heterocycles. The Morgan fingerprint density at radius 3 is 2.38 bits per heavy atom. The topological polar surface area (TPSA) is 54.3 Å². The van der Waals surface area contributed by atoms with Crippen LogP contribution in [0.5, 0.6) is 17.2 Å². The van der Waals surface area contributed by atoms with E-state index in [2.05, 4.69) is 4.99 Å². The Morgan fingerprint density at radius 2 is 1.69 bits per heavy atom. The number of hydroxylamine groups is 2. The Bertz CT molecular complexity index is 1050. The van der Waals surface area contributed by atoms with Crippen molar-refractivity contribution < 1.29 is 14.7 Å². The van der Waals surface area contributed by atoms with E-state index in [4.69, 9.17) is 44.4 Å². The predicted octanol–water partition coefficient (Wildman–Crippen LogP) is 6.30. The summed E-state index contributed by atoms with van der Waals surface area (Å²) in [6.07, 6.45) is 0. The van der Waals surface area contributed by atoms with E-state index in [1.807, 2.05) is 36.4 Å². The third-order valence-electron chi connectivity index (χ3n) is 4.22. The highest BCUT2D eigenvalue weighted by atomic mass is 35.5. The maximum atomic E-state index is 9.75. The zero-order valence-electron chi connectivity index (χ0n) is 15.0. The highest BCUT2D eigenvalue weighted by Gasteiger charge is 2.22. The molecule has 0 fully saturated rings. The van der Waals surface area contributed by atoms with Gasteiger partial charge in [0.15, 0.2) is 18.3 Å². The number of rotatable bonds is 5. The molecule has 3 aromatic rings. The Labute approximate surface area is 182 Å². The van der Waals surface area contributed by atoms with E-state index in [-0.39, 0.29) is 22.5 Å². The number of halogens is 3. The lowest BCUT2D eigenvalue weighted by molar-refractivity contribution is -0.0821.